The molecule has 1 saturated carbocycles. The zero-order chi connectivity index (χ0) is 17.0. The second-order valence-electron chi connectivity index (χ2n) is 6.59. The van der Waals surface area contributed by atoms with E-state index in [0.29, 0.717) is 25.7 Å². The SMILES string of the molecule is CC(C)(NC(=O)NC1CCC(C(=O)O)CC1)c1ccccc1Br. The average molecular weight is 383 g/mol. The summed E-state index contributed by atoms with van der Waals surface area (Å²) in [6, 6.07) is 7.62. The number of halogens is 1. The summed E-state index contributed by atoms with van der Waals surface area (Å²) in [4.78, 5) is 23.2. The molecule has 2 amide bonds. The van der Waals surface area contributed by atoms with E-state index in [1.807, 2.05) is 38.1 Å². The lowest BCUT2D eigenvalue weighted by molar-refractivity contribution is -0.142. The van der Waals surface area contributed by atoms with Gasteiger partial charge in [-0.15, -0.1) is 0 Å². The van der Waals surface area contributed by atoms with Gasteiger partial charge in [0.2, 0.25) is 0 Å². The lowest BCUT2D eigenvalue weighted by atomic mass is 9.86. The standard InChI is InChI=1S/C17H23BrN2O3/c1-17(2,13-5-3-4-6-14(13)18)20-16(23)19-12-9-7-11(8-10-12)15(21)22/h3-6,11-12H,7-10H2,1-2H3,(H,21,22)(H2,19,20,23). The van der Waals surface area contributed by atoms with Crippen LogP contribution in [0.1, 0.15) is 45.1 Å². The van der Waals surface area contributed by atoms with Crippen LogP contribution < -0.4 is 10.6 Å². The van der Waals surface area contributed by atoms with Crippen molar-refractivity contribution in [2.24, 2.45) is 5.92 Å². The number of benzene rings is 1. The van der Waals surface area contributed by atoms with E-state index in [0.717, 1.165) is 10.0 Å². The van der Waals surface area contributed by atoms with Gasteiger partial charge >= 0.3 is 12.0 Å². The Bertz CT molecular complexity index is 581. The van der Waals surface area contributed by atoms with Crippen LogP contribution in [-0.4, -0.2) is 23.1 Å². The van der Waals surface area contributed by atoms with E-state index < -0.39 is 11.5 Å². The maximum atomic E-state index is 12.3. The summed E-state index contributed by atoms with van der Waals surface area (Å²) < 4.78 is 0.951. The minimum absolute atomic E-state index is 0.0422. The second kappa shape index (κ2) is 7.34. The first-order valence-corrected chi connectivity index (χ1v) is 8.65. The maximum absolute atomic E-state index is 12.3. The molecule has 126 valence electrons. The van der Waals surface area contributed by atoms with E-state index in [9.17, 15) is 9.59 Å². The first-order valence-electron chi connectivity index (χ1n) is 7.86. The van der Waals surface area contributed by atoms with Crippen LogP contribution in [0.15, 0.2) is 28.7 Å². The molecule has 1 aliphatic rings. The molecule has 6 heteroatoms. The van der Waals surface area contributed by atoms with Crippen molar-refractivity contribution in [3.8, 4) is 0 Å². The van der Waals surface area contributed by atoms with Crippen molar-refractivity contribution in [2.75, 3.05) is 0 Å². The molecule has 0 spiro atoms. The molecule has 1 aromatic rings. The zero-order valence-electron chi connectivity index (χ0n) is 13.4. The van der Waals surface area contributed by atoms with Crippen molar-refractivity contribution in [1.82, 2.24) is 10.6 Å². The molecule has 0 saturated heterocycles. The number of carbonyl (C=O) groups excluding carboxylic acids is 1. The fourth-order valence-corrected chi connectivity index (χ4v) is 3.81. The number of carbonyl (C=O) groups is 2. The summed E-state index contributed by atoms with van der Waals surface area (Å²) >= 11 is 3.51. The van der Waals surface area contributed by atoms with Gasteiger partial charge in [-0.3, -0.25) is 4.79 Å². The second-order valence-corrected chi connectivity index (χ2v) is 7.44. The first kappa shape index (κ1) is 17.8. The Labute approximate surface area is 145 Å². The number of carboxylic acids is 1. The van der Waals surface area contributed by atoms with Gasteiger partial charge in [0.25, 0.3) is 0 Å². The number of hydrogen-bond donors (Lipinski definition) is 3. The molecule has 23 heavy (non-hydrogen) atoms. The van der Waals surface area contributed by atoms with E-state index in [1.165, 1.54) is 0 Å². The van der Waals surface area contributed by atoms with Crippen LogP contribution >= 0.6 is 15.9 Å². The van der Waals surface area contributed by atoms with Gasteiger partial charge in [-0.25, -0.2) is 4.79 Å². The third-order valence-corrected chi connectivity index (χ3v) is 5.08. The average Bonchev–Trinajstić information content (AvgIpc) is 2.47. The number of amides is 2. The van der Waals surface area contributed by atoms with E-state index in [1.54, 1.807) is 0 Å². The summed E-state index contributed by atoms with van der Waals surface area (Å²) in [6.07, 6.45) is 2.65. The van der Waals surface area contributed by atoms with Gasteiger partial charge in [0.15, 0.2) is 0 Å². The van der Waals surface area contributed by atoms with Crippen LogP contribution in [0, 0.1) is 5.92 Å². The number of nitrogens with one attached hydrogen (secondary N) is 2. The highest BCUT2D eigenvalue weighted by Crippen LogP contribution is 2.28. The van der Waals surface area contributed by atoms with Gasteiger partial charge in [-0.05, 0) is 51.2 Å². The van der Waals surface area contributed by atoms with E-state index in [2.05, 4.69) is 26.6 Å². The monoisotopic (exact) mass is 382 g/mol. The van der Waals surface area contributed by atoms with Gasteiger partial charge in [0.05, 0.1) is 11.5 Å². The molecule has 0 aliphatic heterocycles. The van der Waals surface area contributed by atoms with Crippen LogP contribution in [0.25, 0.3) is 0 Å². The van der Waals surface area contributed by atoms with E-state index >= 15 is 0 Å². The molecule has 0 atom stereocenters. The topological polar surface area (TPSA) is 78.4 Å². The Kier molecular flexibility index (Phi) is 5.68. The molecule has 0 aromatic heterocycles. The molecule has 1 aromatic carbocycles. The highest BCUT2D eigenvalue weighted by atomic mass is 79.9. The lowest BCUT2D eigenvalue weighted by Crippen LogP contribution is -2.50. The van der Waals surface area contributed by atoms with Crippen LogP contribution in [0.3, 0.4) is 0 Å². The Morgan fingerprint density at radius 3 is 2.35 bits per heavy atom. The molecule has 0 heterocycles. The predicted octanol–water partition coefficient (Wildman–Crippen LogP) is 3.63. The minimum atomic E-state index is -0.733. The summed E-state index contributed by atoms with van der Waals surface area (Å²) in [6.45, 7) is 3.90. The van der Waals surface area contributed by atoms with Crippen molar-refractivity contribution >= 4 is 27.9 Å². The van der Waals surface area contributed by atoms with Crippen molar-refractivity contribution in [3.63, 3.8) is 0 Å². The Morgan fingerprint density at radius 1 is 1.17 bits per heavy atom. The van der Waals surface area contributed by atoms with E-state index in [-0.39, 0.29) is 18.0 Å². The fraction of sp³-hybridized carbons (Fsp3) is 0.529. The summed E-state index contributed by atoms with van der Waals surface area (Å²) in [5, 5.41) is 15.0. The zero-order valence-corrected chi connectivity index (χ0v) is 15.0. The first-order chi connectivity index (χ1) is 10.8. The normalized spacial score (nSPS) is 21.5. The third-order valence-electron chi connectivity index (χ3n) is 4.38. The maximum Gasteiger partial charge on any atom is 0.315 e. The number of rotatable bonds is 4. The molecule has 3 N–H and O–H groups in total. The molecule has 5 nitrogen and oxygen atoms in total. The van der Waals surface area contributed by atoms with Gasteiger partial charge < -0.3 is 15.7 Å². The quantitative estimate of drug-likeness (QED) is 0.743. The molecule has 0 bridgehead atoms. The lowest BCUT2D eigenvalue weighted by Gasteiger charge is -2.31. The molecule has 1 aliphatic carbocycles. The van der Waals surface area contributed by atoms with Crippen LogP contribution in [0.5, 0.6) is 0 Å². The fourth-order valence-electron chi connectivity index (χ4n) is 3.03. The number of carboxylic acid groups (broad SMARTS) is 1. The van der Waals surface area contributed by atoms with Gasteiger partial charge in [0.1, 0.15) is 0 Å². The van der Waals surface area contributed by atoms with Gasteiger partial charge in [-0.2, -0.15) is 0 Å². The molecular formula is C17H23BrN2O3. The number of aliphatic carboxylic acids is 1. The van der Waals surface area contributed by atoms with Crippen molar-refractivity contribution in [2.45, 2.75) is 51.1 Å². The van der Waals surface area contributed by atoms with Crippen molar-refractivity contribution in [3.05, 3.63) is 34.3 Å². The summed E-state index contributed by atoms with van der Waals surface area (Å²) in [5.41, 5.74) is 0.493. The molecule has 2 rings (SSSR count). The van der Waals surface area contributed by atoms with Crippen molar-refractivity contribution < 1.29 is 14.7 Å². The van der Waals surface area contributed by atoms with Crippen molar-refractivity contribution in [1.29, 1.82) is 0 Å². The molecular weight excluding hydrogens is 360 g/mol. The number of urea groups is 1. The summed E-state index contributed by atoms with van der Waals surface area (Å²) in [7, 11) is 0. The molecule has 0 unspecified atom stereocenters. The van der Waals surface area contributed by atoms with E-state index in [4.69, 9.17) is 5.11 Å². The van der Waals surface area contributed by atoms with Gasteiger partial charge in [-0.1, -0.05) is 34.1 Å². The Hall–Kier alpha value is -1.56. The van der Waals surface area contributed by atoms with Crippen LogP contribution in [-0.2, 0) is 10.3 Å². The number of hydrogen-bond acceptors (Lipinski definition) is 2. The molecule has 1 fully saturated rings. The Morgan fingerprint density at radius 2 is 1.78 bits per heavy atom. The Balaban J connectivity index is 1.90. The molecule has 0 radical (unpaired) electrons. The summed E-state index contributed by atoms with van der Waals surface area (Å²) in [5.74, 6) is -1.00. The highest BCUT2D eigenvalue weighted by Gasteiger charge is 2.29. The minimum Gasteiger partial charge on any atom is -0.481 e. The van der Waals surface area contributed by atoms with Crippen LogP contribution in [0.4, 0.5) is 4.79 Å². The largest absolute Gasteiger partial charge is 0.481 e. The highest BCUT2D eigenvalue weighted by molar-refractivity contribution is 9.10. The predicted molar refractivity (Wildman–Crippen MR) is 92.2 cm³/mol. The smallest absolute Gasteiger partial charge is 0.315 e. The van der Waals surface area contributed by atoms with Gasteiger partial charge in [0, 0.05) is 10.5 Å². The third kappa shape index (κ3) is 4.70. The van der Waals surface area contributed by atoms with Crippen LogP contribution in [0.2, 0.25) is 0 Å².